The van der Waals surface area contributed by atoms with Crippen LogP contribution in [0.25, 0.3) is 11.3 Å². The maximum absolute atomic E-state index is 13.3. The van der Waals surface area contributed by atoms with Gasteiger partial charge in [-0.15, -0.1) is 0 Å². The van der Waals surface area contributed by atoms with Gasteiger partial charge in [0.1, 0.15) is 11.4 Å². The molecule has 0 bridgehead atoms. The Morgan fingerprint density at radius 3 is 2.43 bits per heavy atom. The van der Waals surface area contributed by atoms with Crippen LogP contribution in [-0.2, 0) is 12.7 Å². The number of hydrogen-bond acceptors (Lipinski definition) is 6. The van der Waals surface area contributed by atoms with Gasteiger partial charge in [0.25, 0.3) is 0 Å². The molecule has 0 aliphatic heterocycles. The molecule has 0 spiro atoms. The number of alkyl halides is 3. The first-order chi connectivity index (χ1) is 14.4. The molecule has 0 saturated heterocycles. The third-order valence-electron chi connectivity index (χ3n) is 4.58. The van der Waals surface area contributed by atoms with Crippen LogP contribution in [0.15, 0.2) is 54.9 Å². The standard InChI is InChI=1S/C21H23F3N6/c1-2-16(11-25)29-19-17(21(22,23)24)13-28-20(30-19)27-12-14-6-8-15(9-7-14)18-5-3-4-10-26-18/h3-10,13,16H,2,11-12,25H2,1H3,(H2,27,28,29,30)/t16-/m1/s1. The number of aromatic nitrogens is 3. The number of rotatable bonds is 8. The van der Waals surface area contributed by atoms with E-state index in [2.05, 4.69) is 25.6 Å². The number of nitrogens with zero attached hydrogens (tertiary/aromatic N) is 3. The molecule has 6 nitrogen and oxygen atoms in total. The molecule has 1 aromatic carbocycles. The zero-order valence-corrected chi connectivity index (χ0v) is 16.4. The highest BCUT2D eigenvalue weighted by molar-refractivity contribution is 5.59. The average molecular weight is 416 g/mol. The molecular formula is C21H23F3N6. The molecule has 0 aliphatic carbocycles. The van der Waals surface area contributed by atoms with E-state index in [4.69, 9.17) is 5.73 Å². The van der Waals surface area contributed by atoms with E-state index in [1.54, 1.807) is 6.20 Å². The van der Waals surface area contributed by atoms with Gasteiger partial charge in [-0.25, -0.2) is 4.98 Å². The SMILES string of the molecule is CC[C@H](CN)Nc1nc(NCc2ccc(-c3ccccn3)cc2)ncc1C(F)(F)F. The van der Waals surface area contributed by atoms with Crippen LogP contribution in [0.1, 0.15) is 24.5 Å². The van der Waals surface area contributed by atoms with E-state index in [9.17, 15) is 13.2 Å². The second kappa shape index (κ2) is 9.53. The summed E-state index contributed by atoms with van der Waals surface area (Å²) in [6, 6.07) is 13.1. The van der Waals surface area contributed by atoms with Crippen LogP contribution >= 0.6 is 0 Å². The van der Waals surface area contributed by atoms with Crippen molar-refractivity contribution in [1.29, 1.82) is 0 Å². The normalized spacial score (nSPS) is 12.4. The molecule has 4 N–H and O–H groups in total. The summed E-state index contributed by atoms with van der Waals surface area (Å²) in [6.07, 6.45) is -1.48. The topological polar surface area (TPSA) is 88.8 Å². The van der Waals surface area contributed by atoms with Crippen LogP contribution in [0.3, 0.4) is 0 Å². The third-order valence-corrected chi connectivity index (χ3v) is 4.58. The minimum Gasteiger partial charge on any atom is -0.365 e. The number of pyridine rings is 1. The lowest BCUT2D eigenvalue weighted by atomic mass is 10.1. The summed E-state index contributed by atoms with van der Waals surface area (Å²) in [5.74, 6) is -0.172. The van der Waals surface area contributed by atoms with Crippen LogP contribution in [-0.4, -0.2) is 27.5 Å². The number of nitrogens with two attached hydrogens (primary N) is 1. The Hall–Kier alpha value is -3.20. The summed E-state index contributed by atoms with van der Waals surface area (Å²) < 4.78 is 39.9. The number of benzene rings is 1. The Bertz CT molecular complexity index is 941. The van der Waals surface area contributed by atoms with Crippen LogP contribution < -0.4 is 16.4 Å². The first-order valence-corrected chi connectivity index (χ1v) is 9.55. The summed E-state index contributed by atoms with van der Waals surface area (Å²) in [7, 11) is 0. The first-order valence-electron chi connectivity index (χ1n) is 9.55. The van der Waals surface area contributed by atoms with Crippen LogP contribution in [0.2, 0.25) is 0 Å². The Morgan fingerprint density at radius 2 is 1.83 bits per heavy atom. The van der Waals surface area contributed by atoms with Gasteiger partial charge in [0.15, 0.2) is 0 Å². The van der Waals surface area contributed by atoms with E-state index in [-0.39, 0.29) is 24.4 Å². The van der Waals surface area contributed by atoms with Crippen molar-refractivity contribution >= 4 is 11.8 Å². The second-order valence-electron chi connectivity index (χ2n) is 6.70. The predicted octanol–water partition coefficient (Wildman–Crippen LogP) is 4.32. The molecule has 0 amide bonds. The monoisotopic (exact) mass is 416 g/mol. The Labute approximate surface area is 172 Å². The summed E-state index contributed by atoms with van der Waals surface area (Å²) in [5, 5.41) is 5.75. The van der Waals surface area contributed by atoms with Crippen molar-refractivity contribution in [3.8, 4) is 11.3 Å². The zero-order valence-electron chi connectivity index (χ0n) is 16.4. The van der Waals surface area contributed by atoms with Crippen molar-refractivity contribution in [1.82, 2.24) is 15.0 Å². The van der Waals surface area contributed by atoms with E-state index in [0.717, 1.165) is 23.0 Å². The highest BCUT2D eigenvalue weighted by Gasteiger charge is 2.35. The van der Waals surface area contributed by atoms with Crippen LogP contribution in [0.5, 0.6) is 0 Å². The van der Waals surface area contributed by atoms with E-state index < -0.39 is 11.7 Å². The maximum Gasteiger partial charge on any atom is 0.421 e. The molecule has 3 aromatic rings. The summed E-state index contributed by atoms with van der Waals surface area (Å²) >= 11 is 0. The van der Waals surface area contributed by atoms with Crippen molar-refractivity contribution < 1.29 is 13.2 Å². The quantitative estimate of drug-likeness (QED) is 0.507. The number of hydrogen-bond donors (Lipinski definition) is 3. The van der Waals surface area contributed by atoms with Crippen molar-refractivity contribution in [2.75, 3.05) is 17.2 Å². The second-order valence-corrected chi connectivity index (χ2v) is 6.70. The van der Waals surface area contributed by atoms with Gasteiger partial charge in [-0.3, -0.25) is 4.98 Å². The third kappa shape index (κ3) is 5.44. The Kier molecular flexibility index (Phi) is 6.83. The minimum absolute atomic E-state index is 0.103. The van der Waals surface area contributed by atoms with Crippen molar-refractivity contribution in [2.24, 2.45) is 5.73 Å². The predicted molar refractivity (Wildman–Crippen MR) is 111 cm³/mol. The molecule has 0 unspecified atom stereocenters. The van der Waals surface area contributed by atoms with Gasteiger partial charge < -0.3 is 16.4 Å². The first kappa shape index (κ1) is 21.5. The smallest absolute Gasteiger partial charge is 0.365 e. The molecule has 0 radical (unpaired) electrons. The summed E-state index contributed by atoms with van der Waals surface area (Å²) in [5.41, 5.74) is 7.47. The fourth-order valence-corrected chi connectivity index (χ4v) is 2.81. The Morgan fingerprint density at radius 1 is 1.07 bits per heavy atom. The Balaban J connectivity index is 1.73. The summed E-state index contributed by atoms with van der Waals surface area (Å²) in [4.78, 5) is 12.2. The number of halogens is 3. The molecule has 2 aromatic heterocycles. The fourth-order valence-electron chi connectivity index (χ4n) is 2.81. The summed E-state index contributed by atoms with van der Waals surface area (Å²) in [6.45, 7) is 2.40. The molecule has 0 aliphatic rings. The lowest BCUT2D eigenvalue weighted by Crippen LogP contribution is -2.30. The zero-order chi connectivity index (χ0) is 21.6. The van der Waals surface area contributed by atoms with Crippen molar-refractivity contribution in [3.05, 3.63) is 66.0 Å². The molecular weight excluding hydrogens is 393 g/mol. The molecule has 30 heavy (non-hydrogen) atoms. The van der Waals surface area contributed by atoms with Gasteiger partial charge in [0.05, 0.1) is 5.69 Å². The van der Waals surface area contributed by atoms with Gasteiger partial charge >= 0.3 is 6.18 Å². The van der Waals surface area contributed by atoms with E-state index in [1.807, 2.05) is 49.4 Å². The van der Waals surface area contributed by atoms with Crippen LogP contribution in [0, 0.1) is 0 Å². The lowest BCUT2D eigenvalue weighted by molar-refractivity contribution is -0.137. The highest BCUT2D eigenvalue weighted by atomic mass is 19.4. The molecule has 158 valence electrons. The number of nitrogens with one attached hydrogen (secondary N) is 2. The fraction of sp³-hybridized carbons (Fsp3) is 0.286. The highest BCUT2D eigenvalue weighted by Crippen LogP contribution is 2.34. The number of anilines is 2. The van der Waals surface area contributed by atoms with Crippen molar-refractivity contribution in [3.63, 3.8) is 0 Å². The van der Waals surface area contributed by atoms with E-state index >= 15 is 0 Å². The average Bonchev–Trinajstić information content (AvgIpc) is 2.76. The lowest BCUT2D eigenvalue weighted by Gasteiger charge is -2.19. The molecule has 0 fully saturated rings. The van der Waals surface area contributed by atoms with Gasteiger partial charge in [0.2, 0.25) is 5.95 Å². The van der Waals surface area contributed by atoms with Gasteiger partial charge in [0, 0.05) is 37.1 Å². The maximum atomic E-state index is 13.3. The largest absolute Gasteiger partial charge is 0.421 e. The van der Waals surface area contributed by atoms with Crippen LogP contribution in [0.4, 0.5) is 24.9 Å². The van der Waals surface area contributed by atoms with Gasteiger partial charge in [-0.1, -0.05) is 37.3 Å². The van der Waals surface area contributed by atoms with Gasteiger partial charge in [-0.05, 0) is 24.1 Å². The molecule has 3 rings (SSSR count). The molecule has 2 heterocycles. The molecule has 1 atom stereocenters. The minimum atomic E-state index is -4.56. The molecule has 0 saturated carbocycles. The van der Waals surface area contributed by atoms with Crippen molar-refractivity contribution in [2.45, 2.75) is 32.1 Å². The molecule has 9 heteroatoms. The van der Waals surface area contributed by atoms with E-state index in [0.29, 0.717) is 13.0 Å². The van der Waals surface area contributed by atoms with E-state index in [1.165, 1.54) is 0 Å². The van der Waals surface area contributed by atoms with Gasteiger partial charge in [-0.2, -0.15) is 18.2 Å².